The second-order valence-electron chi connectivity index (χ2n) is 6.72. The van der Waals surface area contributed by atoms with Gasteiger partial charge in [0.2, 0.25) is 5.44 Å². The highest BCUT2D eigenvalue weighted by atomic mass is 32.2. The molecule has 4 nitrogen and oxygen atoms in total. The summed E-state index contributed by atoms with van der Waals surface area (Å²) in [5.41, 5.74) is -0.180. The highest BCUT2D eigenvalue weighted by Gasteiger charge is 2.27. The lowest BCUT2D eigenvalue weighted by Gasteiger charge is -2.25. The summed E-state index contributed by atoms with van der Waals surface area (Å²) in [5.74, 6) is 7.64. The van der Waals surface area contributed by atoms with Crippen LogP contribution in [0.25, 0.3) is 0 Å². The molecule has 1 atom stereocenters. The molecule has 1 rings (SSSR count). The van der Waals surface area contributed by atoms with Gasteiger partial charge in [0.05, 0.1) is 12.1 Å². The normalized spacial score (nSPS) is 15.7. The van der Waals surface area contributed by atoms with Crippen LogP contribution in [0.1, 0.15) is 33.6 Å². The van der Waals surface area contributed by atoms with Crippen molar-refractivity contribution in [2.45, 2.75) is 44.6 Å². The van der Waals surface area contributed by atoms with Crippen molar-refractivity contribution in [1.29, 1.82) is 0 Å². The quantitative estimate of drug-likeness (QED) is 0.340. The fourth-order valence-electron chi connectivity index (χ4n) is 2.36. The third-order valence-electron chi connectivity index (χ3n) is 3.82. The van der Waals surface area contributed by atoms with Crippen LogP contribution in [0.3, 0.4) is 0 Å². The van der Waals surface area contributed by atoms with E-state index >= 15 is 0 Å². The molecule has 0 bridgehead atoms. The van der Waals surface area contributed by atoms with Crippen molar-refractivity contribution in [2.24, 2.45) is 0 Å². The first kappa shape index (κ1) is 28.1. The highest BCUT2D eigenvalue weighted by molar-refractivity contribution is 7.99. The number of nitrogens with one attached hydrogen (secondary N) is 1. The van der Waals surface area contributed by atoms with E-state index < -0.39 is 16.8 Å². The third kappa shape index (κ3) is 10.7. The van der Waals surface area contributed by atoms with Gasteiger partial charge < -0.3 is 14.8 Å². The second kappa shape index (κ2) is 15.0. The Morgan fingerprint density at radius 3 is 2.68 bits per heavy atom. The van der Waals surface area contributed by atoms with E-state index in [2.05, 4.69) is 35.9 Å². The Kier molecular flexibility index (Phi) is 13.6. The van der Waals surface area contributed by atoms with Crippen LogP contribution in [-0.4, -0.2) is 36.9 Å². The molecule has 6 heteroatoms. The first-order valence-electron chi connectivity index (χ1n) is 9.51. The number of carbonyl (C=O) groups excluding carboxylic acids is 1. The number of methoxy groups -OCH3 is 1. The summed E-state index contributed by atoms with van der Waals surface area (Å²) in [6.07, 6.45) is 22.7. The van der Waals surface area contributed by atoms with Crippen molar-refractivity contribution in [2.75, 3.05) is 20.0 Å². The number of halogens is 1. The molecule has 1 amide bonds. The predicted molar refractivity (Wildman–Crippen MR) is 127 cm³/mol. The molecule has 0 saturated carbocycles. The van der Waals surface area contributed by atoms with Gasteiger partial charge in [0, 0.05) is 19.1 Å². The molecule has 0 radical (unpaired) electrons. The van der Waals surface area contributed by atoms with Gasteiger partial charge in [0.25, 0.3) is 5.91 Å². The lowest BCUT2D eigenvalue weighted by molar-refractivity contribution is -0.127. The average Bonchev–Trinajstić information content (AvgIpc) is 2.76. The smallest absolute Gasteiger partial charge is 0.272 e. The van der Waals surface area contributed by atoms with Gasteiger partial charge in [-0.2, -0.15) is 0 Å². The van der Waals surface area contributed by atoms with Crippen LogP contribution in [0.5, 0.6) is 0 Å². The van der Waals surface area contributed by atoms with Gasteiger partial charge in [-0.25, -0.2) is 4.39 Å². The second-order valence-corrected chi connectivity index (χ2v) is 7.62. The Hall–Kier alpha value is -2.85. The number of rotatable bonds is 8. The Morgan fingerprint density at radius 1 is 1.45 bits per heavy atom. The molecule has 1 N–H and O–H groups in total. The van der Waals surface area contributed by atoms with Crippen molar-refractivity contribution in [3.63, 3.8) is 0 Å². The van der Waals surface area contributed by atoms with Crippen molar-refractivity contribution >= 4 is 17.7 Å². The standard InChI is InChI=1S/C23H28FNO3S.C2H2/c1-7-17(8-2)15-18-11-12-19(24)20(16-18)28-22(29-6)21(26)25-23(3,4)13-9-10-14-27-5;1-2/h1,8,12,15-16,22H,10-11,14H2,2-6H3,(H,25,26);1-2H/b17-8-,18-15+;. The third-order valence-corrected chi connectivity index (χ3v) is 4.56. The molecule has 1 aliphatic carbocycles. The molecule has 0 heterocycles. The minimum atomic E-state index is -0.923. The van der Waals surface area contributed by atoms with E-state index in [-0.39, 0.29) is 11.7 Å². The number of carbonyl (C=O) groups is 1. The first-order chi connectivity index (χ1) is 14.8. The van der Waals surface area contributed by atoms with Gasteiger partial charge in [-0.05, 0) is 57.2 Å². The summed E-state index contributed by atoms with van der Waals surface area (Å²) in [5, 5.41) is 2.83. The molecule has 0 aromatic heterocycles. The van der Waals surface area contributed by atoms with Crippen LogP contribution in [0.2, 0.25) is 0 Å². The van der Waals surface area contributed by atoms with Crippen LogP contribution in [0.4, 0.5) is 4.39 Å². The maximum atomic E-state index is 14.3. The Bertz CT molecular complexity index is 861. The van der Waals surface area contributed by atoms with E-state index in [0.717, 1.165) is 5.57 Å². The number of thioether (sulfide) groups is 1. The van der Waals surface area contributed by atoms with Crippen LogP contribution in [-0.2, 0) is 14.3 Å². The Morgan fingerprint density at radius 2 is 2.13 bits per heavy atom. The van der Waals surface area contributed by atoms with Gasteiger partial charge >= 0.3 is 0 Å². The maximum absolute atomic E-state index is 14.3. The zero-order valence-electron chi connectivity index (χ0n) is 18.8. The lowest BCUT2D eigenvalue weighted by atomic mass is 10.0. The summed E-state index contributed by atoms with van der Waals surface area (Å²) in [6.45, 7) is 5.95. The van der Waals surface area contributed by atoms with E-state index in [1.807, 2.05) is 6.92 Å². The summed E-state index contributed by atoms with van der Waals surface area (Å²) < 4.78 is 24.9. The zero-order valence-corrected chi connectivity index (χ0v) is 19.6. The van der Waals surface area contributed by atoms with Gasteiger partial charge in [-0.3, -0.25) is 4.79 Å². The fraction of sp³-hybridized carbons (Fsp3) is 0.400. The monoisotopic (exact) mass is 443 g/mol. The molecule has 0 aliphatic heterocycles. The van der Waals surface area contributed by atoms with E-state index in [1.165, 1.54) is 17.8 Å². The van der Waals surface area contributed by atoms with Crippen LogP contribution in [0.15, 0.2) is 47.0 Å². The van der Waals surface area contributed by atoms with Crippen molar-refractivity contribution in [1.82, 2.24) is 5.32 Å². The van der Waals surface area contributed by atoms with Crippen molar-refractivity contribution in [3.8, 4) is 37.0 Å². The number of amides is 1. The van der Waals surface area contributed by atoms with Crippen molar-refractivity contribution in [3.05, 3.63) is 47.0 Å². The largest absolute Gasteiger partial charge is 0.467 e. The predicted octanol–water partition coefficient (Wildman–Crippen LogP) is 4.52. The maximum Gasteiger partial charge on any atom is 0.272 e. The van der Waals surface area contributed by atoms with Crippen LogP contribution in [0, 0.1) is 37.0 Å². The van der Waals surface area contributed by atoms with Gasteiger partial charge in [-0.15, -0.1) is 31.0 Å². The topological polar surface area (TPSA) is 47.6 Å². The number of hydrogen-bond acceptors (Lipinski definition) is 4. The van der Waals surface area contributed by atoms with E-state index in [9.17, 15) is 9.18 Å². The molecule has 0 spiro atoms. The molecule has 0 fully saturated rings. The minimum absolute atomic E-state index is 0.00783. The lowest BCUT2D eigenvalue weighted by Crippen LogP contribution is -2.46. The number of terminal acetylenes is 2. The SMILES string of the molecule is C#C.C#CC(=C/C)/C=C1/C=C(OC(SC)C(=O)NC(C)(C)C#CCCOC)C(F)=CC1. The summed E-state index contributed by atoms with van der Waals surface area (Å²) >= 11 is 1.17. The Balaban J connectivity index is 0.00000436. The molecule has 166 valence electrons. The summed E-state index contributed by atoms with van der Waals surface area (Å²) in [7, 11) is 1.61. The summed E-state index contributed by atoms with van der Waals surface area (Å²) in [6, 6.07) is 0. The average molecular weight is 444 g/mol. The van der Waals surface area contributed by atoms with E-state index in [0.29, 0.717) is 25.0 Å². The molecule has 0 aromatic carbocycles. The van der Waals surface area contributed by atoms with Gasteiger partial charge in [-0.1, -0.05) is 23.8 Å². The van der Waals surface area contributed by atoms with Gasteiger partial charge in [0.15, 0.2) is 11.6 Å². The fourth-order valence-corrected chi connectivity index (χ4v) is 2.83. The molecular weight excluding hydrogens is 413 g/mol. The number of allylic oxidation sites excluding steroid dienone is 7. The van der Waals surface area contributed by atoms with E-state index in [4.69, 9.17) is 15.9 Å². The molecular formula is C25H30FNO3S. The molecule has 0 aromatic rings. The number of hydrogen-bond donors (Lipinski definition) is 1. The van der Waals surface area contributed by atoms with Crippen LogP contribution < -0.4 is 5.32 Å². The van der Waals surface area contributed by atoms with E-state index in [1.54, 1.807) is 45.4 Å². The molecule has 1 unspecified atom stereocenters. The van der Waals surface area contributed by atoms with Crippen molar-refractivity contribution < 1.29 is 18.7 Å². The summed E-state index contributed by atoms with van der Waals surface area (Å²) in [4.78, 5) is 12.6. The first-order valence-corrected chi connectivity index (χ1v) is 10.8. The molecule has 0 saturated heterocycles. The highest BCUT2D eigenvalue weighted by Crippen LogP contribution is 2.28. The molecule has 31 heavy (non-hydrogen) atoms. The number of ether oxygens (including phenoxy) is 2. The Labute approximate surface area is 190 Å². The zero-order chi connectivity index (χ0) is 23.9. The minimum Gasteiger partial charge on any atom is -0.467 e. The molecule has 1 aliphatic rings. The van der Waals surface area contributed by atoms with Gasteiger partial charge in [0.1, 0.15) is 0 Å². The van der Waals surface area contributed by atoms with Crippen LogP contribution >= 0.6 is 11.8 Å².